The van der Waals surface area contributed by atoms with Crippen molar-refractivity contribution in [2.45, 2.75) is 20.8 Å². The van der Waals surface area contributed by atoms with Gasteiger partial charge in [-0.1, -0.05) is 0 Å². The van der Waals surface area contributed by atoms with E-state index in [-0.39, 0.29) is 0 Å². The normalized spacial score (nSPS) is 10.4. The fraction of sp³-hybridized carbons (Fsp3) is 0.214. The Balaban J connectivity index is 2.60. The predicted octanol–water partition coefficient (Wildman–Crippen LogP) is 3.38. The molecule has 0 unspecified atom stereocenters. The van der Waals surface area contributed by atoms with Gasteiger partial charge in [-0.15, -0.1) is 0 Å². The van der Waals surface area contributed by atoms with Gasteiger partial charge in [0.15, 0.2) is 0 Å². The van der Waals surface area contributed by atoms with Gasteiger partial charge in [0.1, 0.15) is 5.75 Å². The zero-order chi connectivity index (χ0) is 11.7. The van der Waals surface area contributed by atoms with Crippen molar-refractivity contribution < 1.29 is 5.11 Å². The topological polar surface area (TPSA) is 33.1 Å². The molecule has 1 N–H and O–H groups in total. The van der Waals surface area contributed by atoms with Gasteiger partial charge in [0.25, 0.3) is 0 Å². The smallest absolute Gasteiger partial charge is 0.118 e. The molecule has 0 aliphatic rings. The SMILES string of the molecule is Cc1cncc(-c2cc(C)c(O)cc2C)c1. The minimum absolute atomic E-state index is 0.349. The van der Waals surface area contributed by atoms with Crippen molar-refractivity contribution in [2.75, 3.05) is 0 Å². The van der Waals surface area contributed by atoms with Crippen molar-refractivity contribution >= 4 is 0 Å². The Morgan fingerprint density at radius 1 is 0.938 bits per heavy atom. The number of phenolic OH excluding ortho intramolecular Hbond substituents is 1. The van der Waals surface area contributed by atoms with Gasteiger partial charge >= 0.3 is 0 Å². The third-order valence-electron chi connectivity index (χ3n) is 2.73. The van der Waals surface area contributed by atoms with E-state index in [0.717, 1.165) is 27.8 Å². The number of aromatic hydroxyl groups is 1. The summed E-state index contributed by atoms with van der Waals surface area (Å²) in [6.07, 6.45) is 3.69. The molecule has 0 amide bonds. The maximum Gasteiger partial charge on any atom is 0.118 e. The molecule has 2 rings (SSSR count). The summed E-state index contributed by atoms with van der Waals surface area (Å²) < 4.78 is 0. The first-order chi connectivity index (χ1) is 7.58. The van der Waals surface area contributed by atoms with Gasteiger partial charge in [-0.3, -0.25) is 4.98 Å². The van der Waals surface area contributed by atoms with Crippen LogP contribution in [-0.2, 0) is 0 Å². The summed E-state index contributed by atoms with van der Waals surface area (Å²) in [5.74, 6) is 0.349. The summed E-state index contributed by atoms with van der Waals surface area (Å²) in [6.45, 7) is 5.93. The van der Waals surface area contributed by atoms with Crippen LogP contribution in [0, 0.1) is 20.8 Å². The Bertz CT molecular complexity index is 532. The van der Waals surface area contributed by atoms with E-state index < -0.39 is 0 Å². The second kappa shape index (κ2) is 3.97. The summed E-state index contributed by atoms with van der Waals surface area (Å²) in [4.78, 5) is 4.19. The van der Waals surface area contributed by atoms with Crippen LogP contribution in [0.15, 0.2) is 30.6 Å². The van der Waals surface area contributed by atoms with Crippen molar-refractivity contribution in [3.8, 4) is 16.9 Å². The van der Waals surface area contributed by atoms with Crippen LogP contribution in [0.25, 0.3) is 11.1 Å². The first-order valence-corrected chi connectivity index (χ1v) is 5.30. The number of aryl methyl sites for hydroxylation is 3. The van der Waals surface area contributed by atoms with Crippen LogP contribution in [0.1, 0.15) is 16.7 Å². The van der Waals surface area contributed by atoms with Crippen LogP contribution in [0.3, 0.4) is 0 Å². The Hall–Kier alpha value is -1.83. The first kappa shape index (κ1) is 10.7. The molecule has 0 spiro atoms. The number of benzene rings is 1. The third kappa shape index (κ3) is 1.91. The van der Waals surface area contributed by atoms with Crippen molar-refractivity contribution in [3.05, 3.63) is 47.3 Å². The molecule has 0 radical (unpaired) electrons. The number of rotatable bonds is 1. The zero-order valence-electron chi connectivity index (χ0n) is 9.78. The molecule has 0 bridgehead atoms. The molecule has 1 aromatic heterocycles. The largest absolute Gasteiger partial charge is 0.508 e. The van der Waals surface area contributed by atoms with Gasteiger partial charge in [-0.05, 0) is 61.2 Å². The van der Waals surface area contributed by atoms with Crippen molar-refractivity contribution in [3.63, 3.8) is 0 Å². The van der Waals surface area contributed by atoms with E-state index in [9.17, 15) is 5.11 Å². The summed E-state index contributed by atoms with van der Waals surface area (Å²) in [6, 6.07) is 5.90. The highest BCUT2D eigenvalue weighted by atomic mass is 16.3. The minimum Gasteiger partial charge on any atom is -0.508 e. The Morgan fingerprint density at radius 3 is 2.38 bits per heavy atom. The zero-order valence-corrected chi connectivity index (χ0v) is 9.78. The summed E-state index contributed by atoms with van der Waals surface area (Å²) in [7, 11) is 0. The van der Waals surface area contributed by atoms with E-state index >= 15 is 0 Å². The lowest BCUT2D eigenvalue weighted by Crippen LogP contribution is -1.88. The number of aromatic nitrogens is 1. The molecule has 82 valence electrons. The van der Waals surface area contributed by atoms with Crippen LogP contribution < -0.4 is 0 Å². The molecule has 2 aromatic rings. The molecular weight excluding hydrogens is 198 g/mol. The van der Waals surface area contributed by atoms with Gasteiger partial charge in [0, 0.05) is 18.0 Å². The van der Waals surface area contributed by atoms with Gasteiger partial charge in [0.05, 0.1) is 0 Å². The molecule has 1 heterocycles. The maximum atomic E-state index is 9.61. The molecular formula is C14H15NO. The fourth-order valence-corrected chi connectivity index (χ4v) is 1.81. The Kier molecular flexibility index (Phi) is 2.65. The lowest BCUT2D eigenvalue weighted by atomic mass is 9.98. The summed E-state index contributed by atoms with van der Waals surface area (Å²) >= 11 is 0. The van der Waals surface area contributed by atoms with Crippen LogP contribution in [0.5, 0.6) is 5.75 Å². The third-order valence-corrected chi connectivity index (χ3v) is 2.73. The molecule has 0 saturated heterocycles. The second-order valence-corrected chi connectivity index (χ2v) is 4.20. The molecule has 0 fully saturated rings. The summed E-state index contributed by atoms with van der Waals surface area (Å²) in [5.41, 5.74) is 5.33. The number of nitrogens with zero attached hydrogens (tertiary/aromatic N) is 1. The molecule has 1 aromatic carbocycles. The Labute approximate surface area is 95.6 Å². The van der Waals surface area contributed by atoms with E-state index in [1.807, 2.05) is 39.2 Å². The monoisotopic (exact) mass is 213 g/mol. The lowest BCUT2D eigenvalue weighted by Gasteiger charge is -2.09. The number of hydrogen-bond acceptors (Lipinski definition) is 2. The van der Waals surface area contributed by atoms with E-state index in [2.05, 4.69) is 11.1 Å². The second-order valence-electron chi connectivity index (χ2n) is 4.20. The van der Waals surface area contributed by atoms with E-state index in [1.165, 1.54) is 0 Å². The van der Waals surface area contributed by atoms with Crippen LogP contribution >= 0.6 is 0 Å². The van der Waals surface area contributed by atoms with E-state index in [4.69, 9.17) is 0 Å². The van der Waals surface area contributed by atoms with E-state index in [0.29, 0.717) is 5.75 Å². The number of hydrogen-bond donors (Lipinski definition) is 1. The molecule has 2 heteroatoms. The number of pyridine rings is 1. The highest BCUT2D eigenvalue weighted by Gasteiger charge is 2.06. The highest BCUT2D eigenvalue weighted by Crippen LogP contribution is 2.29. The number of phenols is 1. The summed E-state index contributed by atoms with van der Waals surface area (Å²) in [5, 5.41) is 9.61. The van der Waals surface area contributed by atoms with Crippen molar-refractivity contribution in [1.82, 2.24) is 4.98 Å². The predicted molar refractivity (Wildman–Crippen MR) is 65.5 cm³/mol. The van der Waals surface area contributed by atoms with Gasteiger partial charge in [-0.2, -0.15) is 0 Å². The quantitative estimate of drug-likeness (QED) is 0.787. The van der Waals surface area contributed by atoms with Crippen molar-refractivity contribution in [1.29, 1.82) is 0 Å². The molecule has 2 nitrogen and oxygen atoms in total. The van der Waals surface area contributed by atoms with Crippen LogP contribution in [-0.4, -0.2) is 10.1 Å². The molecule has 0 aliphatic carbocycles. The molecule has 0 aliphatic heterocycles. The average Bonchev–Trinajstić information content (AvgIpc) is 2.23. The van der Waals surface area contributed by atoms with Gasteiger partial charge in [-0.25, -0.2) is 0 Å². The molecule has 0 saturated carbocycles. The van der Waals surface area contributed by atoms with Gasteiger partial charge in [0.2, 0.25) is 0 Å². The highest BCUT2D eigenvalue weighted by molar-refractivity contribution is 5.69. The standard InChI is InChI=1S/C14H15NO/c1-9-4-12(8-15-7-9)13-5-11(3)14(16)6-10(13)2/h4-8,16H,1-3H3. The Morgan fingerprint density at radius 2 is 1.69 bits per heavy atom. The molecule has 16 heavy (non-hydrogen) atoms. The van der Waals surface area contributed by atoms with Crippen LogP contribution in [0.2, 0.25) is 0 Å². The van der Waals surface area contributed by atoms with Crippen molar-refractivity contribution in [2.24, 2.45) is 0 Å². The first-order valence-electron chi connectivity index (χ1n) is 5.30. The fourth-order valence-electron chi connectivity index (χ4n) is 1.81. The van der Waals surface area contributed by atoms with E-state index in [1.54, 1.807) is 6.07 Å². The minimum atomic E-state index is 0.349. The lowest BCUT2D eigenvalue weighted by molar-refractivity contribution is 0.471. The van der Waals surface area contributed by atoms with Crippen LogP contribution in [0.4, 0.5) is 0 Å². The average molecular weight is 213 g/mol. The van der Waals surface area contributed by atoms with Gasteiger partial charge < -0.3 is 5.11 Å². The maximum absolute atomic E-state index is 9.61. The molecule has 0 atom stereocenters.